The minimum Gasteiger partial charge on any atom is -0.348 e. The molecule has 0 aliphatic carbocycles. The van der Waals surface area contributed by atoms with E-state index in [4.69, 9.17) is 0 Å². The molecule has 0 unspecified atom stereocenters. The molecule has 0 saturated heterocycles. The van der Waals surface area contributed by atoms with Crippen molar-refractivity contribution >= 4 is 33.4 Å². The number of nitrogens with one attached hydrogen (secondary N) is 2. The SMILES string of the molecule is Cc1ccc(C(=O)Nc2cccc(CNC(=O)c3ccc(Br)cc3F)c2)cc1. The molecule has 0 radical (unpaired) electrons. The van der Waals surface area contributed by atoms with Gasteiger partial charge in [-0.25, -0.2) is 4.39 Å². The summed E-state index contributed by atoms with van der Waals surface area (Å²) in [5, 5.41) is 5.52. The van der Waals surface area contributed by atoms with Crippen LogP contribution >= 0.6 is 15.9 Å². The number of carbonyl (C=O) groups is 2. The Morgan fingerprint density at radius 2 is 1.71 bits per heavy atom. The summed E-state index contributed by atoms with van der Waals surface area (Å²) in [4.78, 5) is 24.5. The minimum atomic E-state index is -0.592. The molecule has 2 N–H and O–H groups in total. The highest BCUT2D eigenvalue weighted by molar-refractivity contribution is 9.10. The highest BCUT2D eigenvalue weighted by Crippen LogP contribution is 2.16. The Kier molecular flexibility index (Phi) is 6.21. The van der Waals surface area contributed by atoms with Gasteiger partial charge in [-0.15, -0.1) is 0 Å². The number of benzene rings is 3. The zero-order valence-electron chi connectivity index (χ0n) is 15.1. The summed E-state index contributed by atoms with van der Waals surface area (Å²) in [5.74, 6) is -1.30. The van der Waals surface area contributed by atoms with E-state index in [0.29, 0.717) is 15.7 Å². The van der Waals surface area contributed by atoms with Gasteiger partial charge in [-0.1, -0.05) is 45.8 Å². The minimum absolute atomic E-state index is 0.0213. The summed E-state index contributed by atoms with van der Waals surface area (Å²) in [5.41, 5.74) is 3.03. The van der Waals surface area contributed by atoms with E-state index >= 15 is 0 Å². The first kappa shape index (κ1) is 19.8. The van der Waals surface area contributed by atoms with Gasteiger partial charge in [-0.3, -0.25) is 9.59 Å². The molecule has 4 nitrogen and oxygen atoms in total. The Balaban J connectivity index is 1.63. The summed E-state index contributed by atoms with van der Waals surface area (Å²) in [7, 11) is 0. The number of anilines is 1. The molecule has 0 aromatic heterocycles. The zero-order valence-corrected chi connectivity index (χ0v) is 16.7. The molecule has 0 aliphatic rings. The number of hydrogen-bond acceptors (Lipinski definition) is 2. The van der Waals surface area contributed by atoms with Crippen molar-refractivity contribution in [3.63, 3.8) is 0 Å². The fourth-order valence-electron chi connectivity index (χ4n) is 2.62. The van der Waals surface area contributed by atoms with Crippen molar-refractivity contribution in [2.75, 3.05) is 5.32 Å². The monoisotopic (exact) mass is 440 g/mol. The lowest BCUT2D eigenvalue weighted by molar-refractivity contribution is 0.0946. The average molecular weight is 441 g/mol. The summed E-state index contributed by atoms with van der Waals surface area (Å²) < 4.78 is 14.5. The van der Waals surface area contributed by atoms with E-state index in [0.717, 1.165) is 11.1 Å². The lowest BCUT2D eigenvalue weighted by atomic mass is 10.1. The largest absolute Gasteiger partial charge is 0.348 e. The van der Waals surface area contributed by atoms with Gasteiger partial charge >= 0.3 is 0 Å². The number of halogens is 2. The van der Waals surface area contributed by atoms with E-state index in [-0.39, 0.29) is 18.0 Å². The van der Waals surface area contributed by atoms with E-state index in [1.54, 1.807) is 36.4 Å². The van der Waals surface area contributed by atoms with Crippen LogP contribution in [0.2, 0.25) is 0 Å². The second-order valence-corrected chi connectivity index (χ2v) is 7.24. The van der Waals surface area contributed by atoms with Gasteiger partial charge in [-0.2, -0.15) is 0 Å². The normalized spacial score (nSPS) is 10.4. The molecule has 3 rings (SSSR count). The third-order valence-electron chi connectivity index (χ3n) is 4.13. The van der Waals surface area contributed by atoms with Crippen LogP contribution in [0.3, 0.4) is 0 Å². The van der Waals surface area contributed by atoms with Crippen molar-refractivity contribution in [3.05, 3.63) is 99.3 Å². The van der Waals surface area contributed by atoms with Gasteiger partial charge in [0.25, 0.3) is 11.8 Å². The third kappa shape index (κ3) is 5.04. The van der Waals surface area contributed by atoms with Crippen LogP contribution in [0.5, 0.6) is 0 Å². The van der Waals surface area contributed by atoms with Crippen molar-refractivity contribution in [1.29, 1.82) is 0 Å². The Hall–Kier alpha value is -2.99. The lowest BCUT2D eigenvalue weighted by Crippen LogP contribution is -2.24. The topological polar surface area (TPSA) is 58.2 Å². The van der Waals surface area contributed by atoms with Gasteiger partial charge in [0.1, 0.15) is 5.82 Å². The summed E-state index contributed by atoms with van der Waals surface area (Å²) in [6.07, 6.45) is 0. The van der Waals surface area contributed by atoms with Crippen LogP contribution in [-0.4, -0.2) is 11.8 Å². The molecule has 0 saturated carbocycles. The average Bonchev–Trinajstić information content (AvgIpc) is 2.67. The van der Waals surface area contributed by atoms with Gasteiger partial charge in [0, 0.05) is 22.3 Å². The first-order valence-electron chi connectivity index (χ1n) is 8.62. The van der Waals surface area contributed by atoms with Crippen LogP contribution in [0.1, 0.15) is 31.8 Å². The number of carbonyl (C=O) groups excluding carboxylic acids is 2. The van der Waals surface area contributed by atoms with Crippen LogP contribution in [0.25, 0.3) is 0 Å². The fraction of sp³-hybridized carbons (Fsp3) is 0.0909. The molecule has 2 amide bonds. The molecule has 3 aromatic carbocycles. The first-order valence-corrected chi connectivity index (χ1v) is 9.42. The van der Waals surface area contributed by atoms with Crippen LogP contribution in [0, 0.1) is 12.7 Å². The van der Waals surface area contributed by atoms with Gasteiger partial charge < -0.3 is 10.6 Å². The fourth-order valence-corrected chi connectivity index (χ4v) is 2.95. The molecule has 28 heavy (non-hydrogen) atoms. The molecule has 0 atom stereocenters. The smallest absolute Gasteiger partial charge is 0.255 e. The van der Waals surface area contributed by atoms with Crippen molar-refractivity contribution < 1.29 is 14.0 Å². The van der Waals surface area contributed by atoms with Crippen molar-refractivity contribution in [1.82, 2.24) is 5.32 Å². The summed E-state index contributed by atoms with van der Waals surface area (Å²) >= 11 is 3.16. The summed E-state index contributed by atoms with van der Waals surface area (Å²) in [6, 6.07) is 18.7. The molecule has 0 spiro atoms. The highest BCUT2D eigenvalue weighted by atomic mass is 79.9. The van der Waals surface area contributed by atoms with Gasteiger partial charge in [0.05, 0.1) is 5.56 Å². The first-order chi connectivity index (χ1) is 13.4. The maximum Gasteiger partial charge on any atom is 0.255 e. The van der Waals surface area contributed by atoms with E-state index in [1.807, 2.05) is 25.1 Å². The molecular formula is C22H18BrFN2O2. The molecule has 3 aromatic rings. The predicted octanol–water partition coefficient (Wildman–Crippen LogP) is 5.08. The molecule has 0 fully saturated rings. The van der Waals surface area contributed by atoms with Crippen LogP contribution in [-0.2, 0) is 6.54 Å². The van der Waals surface area contributed by atoms with Crippen molar-refractivity contribution in [2.24, 2.45) is 0 Å². The maximum absolute atomic E-state index is 13.9. The number of amides is 2. The highest BCUT2D eigenvalue weighted by Gasteiger charge is 2.12. The molecule has 142 valence electrons. The predicted molar refractivity (Wildman–Crippen MR) is 111 cm³/mol. The Morgan fingerprint density at radius 1 is 0.964 bits per heavy atom. The second-order valence-electron chi connectivity index (χ2n) is 6.33. The van der Waals surface area contributed by atoms with Crippen LogP contribution in [0.15, 0.2) is 71.2 Å². The van der Waals surface area contributed by atoms with Crippen molar-refractivity contribution in [2.45, 2.75) is 13.5 Å². The van der Waals surface area contributed by atoms with Crippen molar-refractivity contribution in [3.8, 4) is 0 Å². The van der Waals surface area contributed by atoms with Gasteiger partial charge in [0.2, 0.25) is 0 Å². The molecule has 0 bridgehead atoms. The lowest BCUT2D eigenvalue weighted by Gasteiger charge is -2.09. The van der Waals surface area contributed by atoms with E-state index in [2.05, 4.69) is 26.6 Å². The Labute approximate surface area is 170 Å². The Bertz CT molecular complexity index is 1020. The quantitative estimate of drug-likeness (QED) is 0.581. The maximum atomic E-state index is 13.9. The van der Waals surface area contributed by atoms with Crippen LogP contribution < -0.4 is 10.6 Å². The standard InChI is InChI=1S/C22H18BrFN2O2/c1-14-5-7-16(8-6-14)21(27)26-18-4-2-3-15(11-18)13-25-22(28)19-10-9-17(23)12-20(19)24/h2-12H,13H2,1H3,(H,25,28)(H,26,27). The number of hydrogen-bond donors (Lipinski definition) is 2. The van der Waals surface area contributed by atoms with Gasteiger partial charge in [-0.05, 0) is 55.0 Å². The van der Waals surface area contributed by atoms with E-state index < -0.39 is 11.7 Å². The summed E-state index contributed by atoms with van der Waals surface area (Å²) in [6.45, 7) is 2.17. The number of rotatable bonds is 5. The molecule has 0 heterocycles. The molecule has 6 heteroatoms. The Morgan fingerprint density at radius 3 is 2.43 bits per heavy atom. The van der Waals surface area contributed by atoms with Gasteiger partial charge in [0.15, 0.2) is 0 Å². The number of aryl methyl sites for hydroxylation is 1. The van der Waals surface area contributed by atoms with E-state index in [1.165, 1.54) is 12.1 Å². The molecular weight excluding hydrogens is 423 g/mol. The van der Waals surface area contributed by atoms with Crippen LogP contribution in [0.4, 0.5) is 10.1 Å². The molecule has 0 aliphatic heterocycles. The zero-order chi connectivity index (χ0) is 20.1. The second kappa shape index (κ2) is 8.80. The third-order valence-corrected chi connectivity index (χ3v) is 4.62. The van der Waals surface area contributed by atoms with E-state index in [9.17, 15) is 14.0 Å².